The molecule has 8 heteroatoms. The van der Waals surface area contributed by atoms with Crippen molar-refractivity contribution >= 4 is 50.5 Å². The van der Waals surface area contributed by atoms with Gasteiger partial charge in [-0.05, 0) is 40.2 Å². The number of amides is 2. The predicted molar refractivity (Wildman–Crippen MR) is 82.7 cm³/mol. The molecule has 0 saturated heterocycles. The van der Waals surface area contributed by atoms with Crippen molar-refractivity contribution in [3.8, 4) is 0 Å². The first kappa shape index (κ1) is 14.3. The molecule has 0 aliphatic carbocycles. The molecule has 7 nitrogen and oxygen atoms in total. The van der Waals surface area contributed by atoms with E-state index >= 15 is 0 Å². The average molecular weight is 364 g/mol. The number of halogens is 1. The monoisotopic (exact) mass is 363 g/mol. The van der Waals surface area contributed by atoms with Crippen LogP contribution in [0, 0.1) is 0 Å². The van der Waals surface area contributed by atoms with Gasteiger partial charge in [-0.2, -0.15) is 4.98 Å². The van der Waals surface area contributed by atoms with Crippen molar-refractivity contribution in [3.63, 3.8) is 0 Å². The summed E-state index contributed by atoms with van der Waals surface area (Å²) in [5.74, 6) is -0.525. The molecule has 0 aliphatic heterocycles. The van der Waals surface area contributed by atoms with Gasteiger partial charge in [0.15, 0.2) is 16.0 Å². The highest BCUT2D eigenvalue weighted by atomic mass is 79.9. The Morgan fingerprint density at radius 3 is 2.64 bits per heavy atom. The maximum atomic E-state index is 11.9. The molecule has 3 aromatic rings. The number of rotatable bonds is 3. The minimum Gasteiger partial charge on any atom is -0.444 e. The van der Waals surface area contributed by atoms with E-state index in [-0.39, 0.29) is 17.7 Å². The first-order valence-electron chi connectivity index (χ1n) is 6.26. The zero-order valence-corrected chi connectivity index (χ0v) is 12.9. The van der Waals surface area contributed by atoms with Crippen molar-refractivity contribution < 1.29 is 18.4 Å². The molecule has 0 atom stereocenters. The molecule has 2 aromatic heterocycles. The number of furan rings is 1. The minimum absolute atomic E-state index is 0.0486. The number of carbonyl (C=O) groups excluding carboxylic acids is 2. The number of anilines is 2. The van der Waals surface area contributed by atoms with Gasteiger partial charge in [0, 0.05) is 18.7 Å². The van der Waals surface area contributed by atoms with Crippen LogP contribution in [0.15, 0.2) is 43.8 Å². The topological polar surface area (TPSA) is 97.4 Å². The van der Waals surface area contributed by atoms with Crippen LogP contribution in [-0.2, 0) is 4.79 Å². The lowest BCUT2D eigenvalue weighted by Crippen LogP contribution is -2.10. The smallest absolute Gasteiger partial charge is 0.302 e. The Balaban J connectivity index is 1.82. The van der Waals surface area contributed by atoms with Gasteiger partial charge < -0.3 is 14.2 Å². The van der Waals surface area contributed by atoms with E-state index in [0.717, 1.165) is 0 Å². The van der Waals surface area contributed by atoms with Gasteiger partial charge in [-0.15, -0.1) is 0 Å². The molecule has 1 aromatic carbocycles. The molecule has 2 amide bonds. The van der Waals surface area contributed by atoms with E-state index in [1.54, 1.807) is 24.3 Å². The third kappa shape index (κ3) is 3.01. The van der Waals surface area contributed by atoms with E-state index in [4.69, 9.17) is 8.83 Å². The van der Waals surface area contributed by atoms with Gasteiger partial charge in [0.05, 0.1) is 0 Å². The Hall–Kier alpha value is -2.61. The van der Waals surface area contributed by atoms with Crippen molar-refractivity contribution in [3.05, 3.63) is 40.8 Å². The van der Waals surface area contributed by atoms with Crippen LogP contribution in [0.2, 0.25) is 0 Å². The summed E-state index contributed by atoms with van der Waals surface area (Å²) in [6, 6.07) is 8.19. The third-order valence-electron chi connectivity index (χ3n) is 2.73. The lowest BCUT2D eigenvalue weighted by atomic mass is 10.3. The molecule has 2 heterocycles. The fourth-order valence-electron chi connectivity index (χ4n) is 1.85. The molecular formula is C14H10BrN3O4. The van der Waals surface area contributed by atoms with Crippen LogP contribution < -0.4 is 10.6 Å². The largest absolute Gasteiger partial charge is 0.444 e. The first-order chi connectivity index (χ1) is 10.5. The van der Waals surface area contributed by atoms with Crippen LogP contribution in [0.3, 0.4) is 0 Å². The SMILES string of the molecule is CC(=O)Nc1ccc2nc(NC(=O)c3ccc(Br)o3)oc2c1. The molecule has 0 spiro atoms. The summed E-state index contributed by atoms with van der Waals surface area (Å²) in [5.41, 5.74) is 1.59. The fourth-order valence-corrected chi connectivity index (χ4v) is 2.16. The number of fused-ring (bicyclic) bond motifs is 1. The molecule has 0 fully saturated rings. The van der Waals surface area contributed by atoms with Crippen molar-refractivity contribution in [1.29, 1.82) is 0 Å². The number of carbonyl (C=O) groups is 2. The standard InChI is InChI=1S/C14H10BrN3O4/c1-7(19)16-8-2-3-9-11(6-8)22-14(17-9)18-13(20)10-4-5-12(15)21-10/h2-6H,1H3,(H,16,19)(H,17,18,20). The summed E-state index contributed by atoms with van der Waals surface area (Å²) in [7, 11) is 0. The van der Waals surface area contributed by atoms with E-state index in [0.29, 0.717) is 21.5 Å². The van der Waals surface area contributed by atoms with Crippen molar-refractivity contribution in [2.45, 2.75) is 6.92 Å². The summed E-state index contributed by atoms with van der Waals surface area (Å²) in [4.78, 5) is 27.1. The van der Waals surface area contributed by atoms with Gasteiger partial charge in [-0.3, -0.25) is 14.9 Å². The second kappa shape index (κ2) is 5.64. The van der Waals surface area contributed by atoms with Crippen LogP contribution in [0.4, 0.5) is 11.7 Å². The molecule has 0 aliphatic rings. The highest BCUT2D eigenvalue weighted by Crippen LogP contribution is 2.23. The normalized spacial score (nSPS) is 10.6. The zero-order valence-electron chi connectivity index (χ0n) is 11.3. The van der Waals surface area contributed by atoms with Gasteiger partial charge in [0.25, 0.3) is 5.91 Å². The highest BCUT2D eigenvalue weighted by molar-refractivity contribution is 9.10. The minimum atomic E-state index is -0.473. The molecular weight excluding hydrogens is 354 g/mol. The molecule has 0 radical (unpaired) electrons. The van der Waals surface area contributed by atoms with Gasteiger partial charge in [0.2, 0.25) is 5.91 Å². The first-order valence-corrected chi connectivity index (χ1v) is 7.05. The van der Waals surface area contributed by atoms with Gasteiger partial charge in [-0.1, -0.05) is 0 Å². The number of oxazole rings is 1. The van der Waals surface area contributed by atoms with Crippen LogP contribution >= 0.6 is 15.9 Å². The van der Waals surface area contributed by atoms with Crippen LogP contribution in [-0.4, -0.2) is 16.8 Å². The van der Waals surface area contributed by atoms with E-state index in [1.165, 1.54) is 13.0 Å². The number of benzene rings is 1. The number of nitrogens with one attached hydrogen (secondary N) is 2. The molecule has 112 valence electrons. The number of hydrogen-bond acceptors (Lipinski definition) is 5. The second-order valence-electron chi connectivity index (χ2n) is 4.44. The summed E-state index contributed by atoms with van der Waals surface area (Å²) < 4.78 is 11.0. The molecule has 2 N–H and O–H groups in total. The number of nitrogens with zero attached hydrogens (tertiary/aromatic N) is 1. The average Bonchev–Trinajstić information content (AvgIpc) is 3.03. The fraction of sp³-hybridized carbons (Fsp3) is 0.0714. The molecule has 0 saturated carbocycles. The van der Waals surface area contributed by atoms with E-state index in [9.17, 15) is 9.59 Å². The Morgan fingerprint density at radius 2 is 1.95 bits per heavy atom. The summed E-state index contributed by atoms with van der Waals surface area (Å²) in [5, 5.41) is 5.14. The molecule has 0 bridgehead atoms. The Bertz CT molecular complexity index is 868. The predicted octanol–water partition coefficient (Wildman–Crippen LogP) is 3.39. The van der Waals surface area contributed by atoms with Crippen molar-refractivity contribution in [2.24, 2.45) is 0 Å². The second-order valence-corrected chi connectivity index (χ2v) is 5.22. The van der Waals surface area contributed by atoms with E-state index in [1.807, 2.05) is 0 Å². The highest BCUT2D eigenvalue weighted by Gasteiger charge is 2.14. The summed E-state index contributed by atoms with van der Waals surface area (Å²) >= 11 is 3.12. The third-order valence-corrected chi connectivity index (χ3v) is 3.15. The van der Waals surface area contributed by atoms with Crippen LogP contribution in [0.25, 0.3) is 11.1 Å². The quantitative estimate of drug-likeness (QED) is 0.743. The maximum Gasteiger partial charge on any atom is 0.302 e. The van der Waals surface area contributed by atoms with Crippen LogP contribution in [0.1, 0.15) is 17.5 Å². The van der Waals surface area contributed by atoms with Crippen molar-refractivity contribution in [2.75, 3.05) is 10.6 Å². The number of aromatic nitrogens is 1. The lowest BCUT2D eigenvalue weighted by Gasteiger charge is -1.99. The van der Waals surface area contributed by atoms with Crippen molar-refractivity contribution in [1.82, 2.24) is 4.98 Å². The van der Waals surface area contributed by atoms with Gasteiger partial charge in [0.1, 0.15) is 5.52 Å². The number of hydrogen-bond donors (Lipinski definition) is 2. The van der Waals surface area contributed by atoms with Gasteiger partial charge >= 0.3 is 6.01 Å². The molecule has 22 heavy (non-hydrogen) atoms. The summed E-state index contributed by atoms with van der Waals surface area (Å²) in [6.07, 6.45) is 0. The molecule has 0 unspecified atom stereocenters. The van der Waals surface area contributed by atoms with Gasteiger partial charge in [-0.25, -0.2) is 0 Å². The molecule has 3 rings (SSSR count). The van der Waals surface area contributed by atoms with Crippen LogP contribution in [0.5, 0.6) is 0 Å². The Labute approximate surface area is 132 Å². The Kier molecular flexibility index (Phi) is 3.68. The Morgan fingerprint density at radius 1 is 1.14 bits per heavy atom. The summed E-state index contributed by atoms with van der Waals surface area (Å²) in [6.45, 7) is 1.41. The zero-order chi connectivity index (χ0) is 15.7. The van der Waals surface area contributed by atoms with E-state index < -0.39 is 5.91 Å². The lowest BCUT2D eigenvalue weighted by molar-refractivity contribution is -0.114. The maximum absolute atomic E-state index is 11.9. The van der Waals surface area contributed by atoms with E-state index in [2.05, 4.69) is 31.5 Å².